The van der Waals surface area contributed by atoms with E-state index in [-0.39, 0.29) is 70.6 Å². The van der Waals surface area contributed by atoms with Gasteiger partial charge >= 0.3 is 24.5 Å². The van der Waals surface area contributed by atoms with Crippen molar-refractivity contribution in [1.82, 2.24) is 65.0 Å². The van der Waals surface area contributed by atoms with Gasteiger partial charge in [0.05, 0.1) is 51.0 Å². The van der Waals surface area contributed by atoms with Gasteiger partial charge in [-0.15, -0.1) is 0 Å². The number of anilines is 5. The van der Waals surface area contributed by atoms with Gasteiger partial charge in [0, 0.05) is 133 Å². The molecule has 0 bridgehead atoms. The smallest absolute Gasteiger partial charge is 0.434 e. The van der Waals surface area contributed by atoms with Crippen LogP contribution in [-0.2, 0) is 36.0 Å². The van der Waals surface area contributed by atoms with Crippen LogP contribution in [0.2, 0.25) is 5.15 Å². The van der Waals surface area contributed by atoms with Crippen molar-refractivity contribution in [3.8, 4) is 40.2 Å². The second kappa shape index (κ2) is 31.1. The number of carbonyl (C=O) groups is 2. The summed E-state index contributed by atoms with van der Waals surface area (Å²) in [6.07, 6.45) is -4.52. The van der Waals surface area contributed by atoms with Crippen LogP contribution in [-0.4, -0.2) is 220 Å². The van der Waals surface area contributed by atoms with E-state index >= 15 is 0 Å². The van der Waals surface area contributed by atoms with Crippen molar-refractivity contribution in [1.29, 1.82) is 0 Å². The normalized spacial score (nSPS) is 18.3. The van der Waals surface area contributed by atoms with Gasteiger partial charge in [-0.05, 0) is 67.5 Å². The Hall–Kier alpha value is -7.95. The molecule has 35 heteroatoms. The van der Waals surface area contributed by atoms with Crippen molar-refractivity contribution in [3.05, 3.63) is 47.1 Å². The third kappa shape index (κ3) is 20.5. The Morgan fingerprint density at radius 3 is 1.16 bits per heavy atom. The van der Waals surface area contributed by atoms with E-state index in [9.17, 15) is 35.9 Å². The first-order chi connectivity index (χ1) is 44.6. The first-order valence-corrected chi connectivity index (χ1v) is 31.3. The highest BCUT2D eigenvalue weighted by molar-refractivity contribution is 6.29. The van der Waals surface area contributed by atoms with Crippen LogP contribution >= 0.6 is 11.6 Å². The lowest BCUT2D eigenvalue weighted by molar-refractivity contribution is -0.141. The molecule has 5 aromatic rings. The molecule has 11 heterocycles. The largest absolute Gasteiger partial charge is 0.474 e. The van der Waals surface area contributed by atoms with Gasteiger partial charge < -0.3 is 79.2 Å². The van der Waals surface area contributed by atoms with Gasteiger partial charge in [-0.1, -0.05) is 11.6 Å². The molecule has 5 aromatic heterocycles. The monoisotopic (exact) mass is 1350 g/mol. The van der Waals surface area contributed by atoms with Crippen LogP contribution in [0.15, 0.2) is 30.6 Å². The maximum Gasteiger partial charge on any atom is 0.434 e. The number of likely N-dealkylation sites (tertiary alicyclic amines) is 2. The number of alkyl halides is 6. The zero-order chi connectivity index (χ0) is 67.4. The first-order valence-electron chi connectivity index (χ1n) is 31.0. The number of aromatic nitrogens is 10. The van der Waals surface area contributed by atoms with E-state index < -0.39 is 52.9 Å². The molecule has 6 aliphatic rings. The van der Waals surface area contributed by atoms with Crippen molar-refractivity contribution in [2.24, 2.45) is 0 Å². The minimum Gasteiger partial charge on any atom is -0.474 e. The molecule has 28 nitrogen and oxygen atoms in total. The highest BCUT2D eigenvalue weighted by Crippen LogP contribution is 2.39. The van der Waals surface area contributed by atoms with Gasteiger partial charge in [-0.2, -0.15) is 41.3 Å². The van der Waals surface area contributed by atoms with E-state index in [0.717, 1.165) is 51.4 Å². The summed E-state index contributed by atoms with van der Waals surface area (Å²) < 4.78 is 127. The SMILES string of the molecule is CC(C)(C)OC(=O)N1CCC(Oc2cc(-c3cnc(N)nc3C(F)(F)F)nc(N3CCOCC3)n2)CC1.CC(C)(C)OC(=O)N1CCC(Oc2cc(Cl)nc(N3CCOCC3)n2)CC1.Nc1ncc(-c2cc(OC3CCNCC3)nc(N3CCOCC3)n2)c(C(F)(F)F)n1. The Morgan fingerprint density at radius 1 is 0.489 bits per heavy atom. The number of nitrogens with zero attached hydrogens (tertiary/aromatic N) is 15. The van der Waals surface area contributed by atoms with Gasteiger partial charge in [0.2, 0.25) is 47.4 Å². The van der Waals surface area contributed by atoms with Crippen molar-refractivity contribution < 1.29 is 73.8 Å². The molecular weight excluding hydrogens is 1270 g/mol. The summed E-state index contributed by atoms with van der Waals surface area (Å²) in [7, 11) is 0. The Morgan fingerprint density at radius 2 is 0.819 bits per heavy atom. The molecule has 11 rings (SSSR count). The highest BCUT2D eigenvalue weighted by atomic mass is 35.5. The van der Waals surface area contributed by atoms with Crippen LogP contribution in [0.1, 0.15) is 91.5 Å². The van der Waals surface area contributed by atoms with Gasteiger partial charge in [-0.25, -0.2) is 44.5 Å². The number of nitrogens with two attached hydrogens (primary N) is 2. The predicted octanol–water partition coefficient (Wildman–Crippen LogP) is 7.40. The molecule has 0 radical (unpaired) electrons. The van der Waals surface area contributed by atoms with E-state index in [1.165, 1.54) is 12.1 Å². The van der Waals surface area contributed by atoms with Crippen molar-refractivity contribution in [3.63, 3.8) is 0 Å². The number of nitrogen functional groups attached to an aromatic ring is 2. The summed E-state index contributed by atoms with van der Waals surface area (Å²) in [6.45, 7) is 21.2. The molecule has 0 aliphatic carbocycles. The maximum atomic E-state index is 13.8. The molecule has 5 N–H and O–H groups in total. The van der Waals surface area contributed by atoms with Crippen molar-refractivity contribution in [2.75, 3.05) is 144 Å². The fourth-order valence-electron chi connectivity index (χ4n) is 10.4. The molecule has 0 unspecified atom stereocenters. The minimum atomic E-state index is -4.77. The van der Waals surface area contributed by atoms with Crippen LogP contribution in [0, 0.1) is 0 Å². The van der Waals surface area contributed by atoms with Gasteiger partial charge in [0.25, 0.3) is 0 Å². The van der Waals surface area contributed by atoms with E-state index in [1.807, 2.05) is 35.5 Å². The number of morpholine rings is 3. The second-order valence-corrected chi connectivity index (χ2v) is 24.9. The number of rotatable bonds is 11. The summed E-state index contributed by atoms with van der Waals surface area (Å²) in [5.74, 6) is 0.910. The van der Waals surface area contributed by atoms with Crippen LogP contribution in [0.5, 0.6) is 17.6 Å². The molecule has 0 atom stereocenters. The quantitative estimate of drug-likeness (QED) is 0.0856. The van der Waals surface area contributed by atoms with E-state index in [1.54, 1.807) is 36.6 Å². The lowest BCUT2D eigenvalue weighted by Gasteiger charge is -2.33. The van der Waals surface area contributed by atoms with Crippen molar-refractivity contribution >= 4 is 53.5 Å². The predicted molar refractivity (Wildman–Crippen MR) is 331 cm³/mol. The Bertz CT molecular complexity index is 3330. The fraction of sp³-hybridized carbons (Fsp3) is 0.627. The second-order valence-electron chi connectivity index (χ2n) is 24.5. The van der Waals surface area contributed by atoms with Crippen LogP contribution < -0.4 is 45.7 Å². The molecule has 2 amide bonds. The topological polar surface area (TPSA) is 317 Å². The zero-order valence-electron chi connectivity index (χ0n) is 53.2. The number of halogens is 7. The van der Waals surface area contributed by atoms with E-state index in [2.05, 4.69) is 55.2 Å². The van der Waals surface area contributed by atoms with Crippen LogP contribution in [0.3, 0.4) is 0 Å². The Kier molecular flexibility index (Phi) is 23.3. The van der Waals surface area contributed by atoms with E-state index in [4.69, 9.17) is 61.0 Å². The molecule has 94 heavy (non-hydrogen) atoms. The van der Waals surface area contributed by atoms with Gasteiger partial charge in [0.15, 0.2) is 11.4 Å². The van der Waals surface area contributed by atoms with Gasteiger partial charge in [0.1, 0.15) is 34.7 Å². The number of hydrogen-bond donors (Lipinski definition) is 3. The molecule has 0 aromatic carbocycles. The maximum absolute atomic E-state index is 13.8. The third-order valence-corrected chi connectivity index (χ3v) is 15.2. The number of hydrogen-bond acceptors (Lipinski definition) is 26. The lowest BCUT2D eigenvalue weighted by Crippen LogP contribution is -2.44. The van der Waals surface area contributed by atoms with Gasteiger partial charge in [-0.3, -0.25) is 0 Å². The highest BCUT2D eigenvalue weighted by Gasteiger charge is 2.39. The van der Waals surface area contributed by atoms with E-state index in [0.29, 0.717) is 135 Å². The third-order valence-electron chi connectivity index (χ3n) is 15.0. The number of piperidine rings is 3. The summed E-state index contributed by atoms with van der Waals surface area (Å²) in [5.41, 5.74) is 6.79. The lowest BCUT2D eigenvalue weighted by atomic mass is 10.1. The minimum absolute atomic E-state index is 0.0211. The molecule has 0 spiro atoms. The Balaban J connectivity index is 0.000000168. The molecule has 514 valence electrons. The standard InChI is InChI=1S/C23H30F3N7O4.C18H27ClN4O4.C18H22F3N7O2/c1-22(2,3)37-21(34)33-6-4-14(5-7-33)36-17-12-16(29-20(30-17)32-8-10-35-11-9-32)15-13-28-19(27)31-18(15)23(24,25)26;1-18(2,3)27-17(24)23-6-4-13(5-7-23)26-15-12-14(19)20-16(21-15)22-8-10-25-11-9-22;19-18(20,21)15-12(10-24-16(22)27-15)13-9-14(30-11-1-3-23-4-2-11)26-17(25-13)28-5-7-29-8-6-28/h12-14H,4-11H2,1-3H3,(H2,27,28,31);12-13H,4-11H2,1-3H3;9-11,23H,1-8H2,(H2,22,24,27). The number of amides is 2. The molecule has 6 aliphatic heterocycles. The Labute approximate surface area is 544 Å². The summed E-state index contributed by atoms with van der Waals surface area (Å²) in [5, 5.41) is 3.60. The number of carbonyl (C=O) groups excluding carboxylic acids is 2. The summed E-state index contributed by atoms with van der Waals surface area (Å²) in [4.78, 5) is 74.3. The average Bonchev–Trinajstić information content (AvgIpc) is 0.795. The average molecular weight is 1350 g/mol. The van der Waals surface area contributed by atoms with Crippen molar-refractivity contribution in [2.45, 2.75) is 122 Å². The zero-order valence-corrected chi connectivity index (χ0v) is 53.9. The first kappa shape index (κ1) is 70.4. The molecular formula is C59H79ClF6N18O10. The summed E-state index contributed by atoms with van der Waals surface area (Å²) in [6, 6.07) is 4.37. The molecule has 6 fully saturated rings. The number of ether oxygens (including phenoxy) is 8. The number of nitrogens with one attached hydrogen (secondary N) is 1. The molecule has 0 saturated carbocycles. The molecule has 6 saturated heterocycles. The summed E-state index contributed by atoms with van der Waals surface area (Å²) >= 11 is 6.15. The fourth-order valence-corrected chi connectivity index (χ4v) is 10.5. The van der Waals surface area contributed by atoms with Crippen LogP contribution in [0.4, 0.5) is 65.7 Å². The van der Waals surface area contributed by atoms with Crippen LogP contribution in [0.25, 0.3) is 22.5 Å².